The Morgan fingerprint density at radius 1 is 0.474 bits per heavy atom. The smallest absolute Gasteiger partial charge is 0.132 e. The Kier molecular flexibility index (Phi) is 4.28. The minimum absolute atomic E-state index is 0.502. The number of hydrogen-bond acceptors (Lipinski definition) is 3. The van der Waals surface area contributed by atoms with Crippen LogP contribution >= 0.6 is 0 Å². The predicted molar refractivity (Wildman–Crippen MR) is 152 cm³/mol. The number of methoxy groups -OCH3 is 2. The predicted octanol–water partition coefficient (Wildman–Crippen LogP) is 8.48. The zero-order valence-corrected chi connectivity index (χ0v) is 21.1. The van der Waals surface area contributed by atoms with Crippen LogP contribution in [-0.4, -0.2) is 14.2 Å². The van der Waals surface area contributed by atoms with Gasteiger partial charge in [-0.25, -0.2) is 0 Å². The van der Waals surface area contributed by atoms with Gasteiger partial charge in [0.05, 0.1) is 19.6 Å². The minimum atomic E-state index is -0.502. The Bertz CT molecular complexity index is 1790. The molecule has 0 saturated heterocycles. The average molecular weight is 493 g/mol. The molecule has 0 N–H and O–H groups in total. The molecule has 1 heterocycles. The van der Waals surface area contributed by atoms with Crippen LogP contribution in [0.5, 0.6) is 23.0 Å². The van der Waals surface area contributed by atoms with Crippen molar-refractivity contribution in [1.82, 2.24) is 0 Å². The topological polar surface area (TPSA) is 27.7 Å². The Morgan fingerprint density at radius 2 is 0.947 bits per heavy atom. The molecule has 0 fully saturated rings. The zero-order chi connectivity index (χ0) is 25.4. The molecule has 182 valence electrons. The average Bonchev–Trinajstić information content (AvgIpc) is 3.26. The van der Waals surface area contributed by atoms with Gasteiger partial charge in [-0.2, -0.15) is 0 Å². The Balaban J connectivity index is 1.54. The highest BCUT2D eigenvalue weighted by Crippen LogP contribution is 2.62. The molecular formula is C35H24O3. The molecule has 0 saturated carbocycles. The third-order valence-electron chi connectivity index (χ3n) is 8.27. The van der Waals surface area contributed by atoms with Gasteiger partial charge in [-0.1, -0.05) is 60.7 Å². The van der Waals surface area contributed by atoms with Crippen molar-refractivity contribution in [3.05, 3.63) is 131 Å². The Morgan fingerprint density at radius 3 is 1.42 bits per heavy atom. The van der Waals surface area contributed by atoms with E-state index in [1.54, 1.807) is 14.2 Å². The van der Waals surface area contributed by atoms with Crippen molar-refractivity contribution in [2.75, 3.05) is 14.2 Å². The molecule has 0 unspecified atom stereocenters. The van der Waals surface area contributed by atoms with E-state index >= 15 is 0 Å². The Labute approximate surface area is 220 Å². The summed E-state index contributed by atoms with van der Waals surface area (Å²) in [6.45, 7) is 0. The quantitative estimate of drug-likeness (QED) is 0.242. The van der Waals surface area contributed by atoms with Gasteiger partial charge in [-0.15, -0.1) is 0 Å². The summed E-state index contributed by atoms with van der Waals surface area (Å²) in [4.78, 5) is 0. The van der Waals surface area contributed by atoms with Crippen LogP contribution < -0.4 is 14.2 Å². The summed E-state index contributed by atoms with van der Waals surface area (Å²) in [5.74, 6) is 3.40. The molecule has 1 aliphatic carbocycles. The van der Waals surface area contributed by atoms with Gasteiger partial charge < -0.3 is 14.2 Å². The summed E-state index contributed by atoms with van der Waals surface area (Å²) in [5.41, 5.74) is 6.93. The van der Waals surface area contributed by atoms with Crippen LogP contribution in [0.3, 0.4) is 0 Å². The van der Waals surface area contributed by atoms with Gasteiger partial charge >= 0.3 is 0 Å². The monoisotopic (exact) mass is 492 g/mol. The molecule has 0 atom stereocenters. The van der Waals surface area contributed by atoms with Gasteiger partial charge in [0.1, 0.15) is 23.0 Å². The van der Waals surface area contributed by atoms with Crippen molar-refractivity contribution in [3.63, 3.8) is 0 Å². The first-order valence-corrected chi connectivity index (χ1v) is 12.8. The van der Waals surface area contributed by atoms with E-state index in [0.29, 0.717) is 0 Å². The highest BCUT2D eigenvalue weighted by molar-refractivity contribution is 5.95. The summed E-state index contributed by atoms with van der Waals surface area (Å²) in [5, 5.41) is 4.49. The van der Waals surface area contributed by atoms with Crippen molar-refractivity contribution in [3.8, 4) is 34.1 Å². The normalized spacial score (nSPS) is 13.9. The molecule has 6 aromatic carbocycles. The van der Waals surface area contributed by atoms with E-state index in [9.17, 15) is 0 Å². The SMILES string of the molecule is COc1ccc2cc3c(cc2c1)Oc1cc2cc(OC)ccc2cc1C31c2ccccc2-c2ccccc21. The maximum atomic E-state index is 6.78. The van der Waals surface area contributed by atoms with Gasteiger partial charge in [0.15, 0.2) is 0 Å². The van der Waals surface area contributed by atoms with Gasteiger partial charge in [0, 0.05) is 11.1 Å². The van der Waals surface area contributed by atoms with Crippen LogP contribution in [0.2, 0.25) is 0 Å². The van der Waals surface area contributed by atoms with E-state index in [4.69, 9.17) is 14.2 Å². The number of rotatable bonds is 2. The van der Waals surface area contributed by atoms with Gasteiger partial charge in [-0.05, 0) is 92.3 Å². The first-order chi connectivity index (χ1) is 18.7. The fraction of sp³-hybridized carbons (Fsp3) is 0.0857. The van der Waals surface area contributed by atoms with E-state index in [2.05, 4.69) is 97.1 Å². The first kappa shape index (κ1) is 21.3. The molecule has 2 aliphatic rings. The molecule has 3 heteroatoms. The second-order valence-electron chi connectivity index (χ2n) is 10.1. The summed E-state index contributed by atoms with van der Waals surface area (Å²) in [7, 11) is 3.40. The van der Waals surface area contributed by atoms with Crippen molar-refractivity contribution in [2.45, 2.75) is 5.41 Å². The number of benzene rings is 6. The third kappa shape index (κ3) is 2.68. The summed E-state index contributed by atoms with van der Waals surface area (Å²) >= 11 is 0. The van der Waals surface area contributed by atoms with E-state index in [1.165, 1.54) is 22.3 Å². The molecule has 0 bridgehead atoms. The number of ether oxygens (including phenoxy) is 3. The molecular weight excluding hydrogens is 468 g/mol. The lowest BCUT2D eigenvalue weighted by molar-refractivity contribution is 0.415. The van der Waals surface area contributed by atoms with Crippen molar-refractivity contribution < 1.29 is 14.2 Å². The first-order valence-electron chi connectivity index (χ1n) is 12.8. The second kappa shape index (κ2) is 7.62. The minimum Gasteiger partial charge on any atom is -0.497 e. The fourth-order valence-electron chi connectivity index (χ4n) is 6.60. The van der Waals surface area contributed by atoms with Crippen LogP contribution in [0.1, 0.15) is 22.3 Å². The number of hydrogen-bond donors (Lipinski definition) is 0. The summed E-state index contributed by atoms with van der Waals surface area (Å²) < 4.78 is 17.8. The molecule has 38 heavy (non-hydrogen) atoms. The molecule has 0 amide bonds. The van der Waals surface area contributed by atoms with E-state index in [0.717, 1.165) is 55.7 Å². The maximum absolute atomic E-state index is 6.78. The molecule has 3 nitrogen and oxygen atoms in total. The largest absolute Gasteiger partial charge is 0.497 e. The summed E-state index contributed by atoms with van der Waals surface area (Å²) in [6, 6.07) is 39.0. The van der Waals surface area contributed by atoms with Crippen LogP contribution in [0.4, 0.5) is 0 Å². The molecule has 1 aliphatic heterocycles. The lowest BCUT2D eigenvalue weighted by atomic mass is 9.65. The van der Waals surface area contributed by atoms with E-state index in [-0.39, 0.29) is 0 Å². The second-order valence-corrected chi connectivity index (χ2v) is 10.1. The van der Waals surface area contributed by atoms with E-state index < -0.39 is 5.41 Å². The number of fused-ring (bicyclic) bond motifs is 11. The zero-order valence-electron chi connectivity index (χ0n) is 21.1. The van der Waals surface area contributed by atoms with Gasteiger partial charge in [0.2, 0.25) is 0 Å². The Hall–Kier alpha value is -4.76. The highest BCUT2D eigenvalue weighted by atomic mass is 16.5. The van der Waals surface area contributed by atoms with Gasteiger partial charge in [-0.3, -0.25) is 0 Å². The van der Waals surface area contributed by atoms with Crippen molar-refractivity contribution >= 4 is 21.5 Å². The summed E-state index contributed by atoms with van der Waals surface area (Å²) in [6.07, 6.45) is 0. The van der Waals surface area contributed by atoms with Crippen molar-refractivity contribution in [1.29, 1.82) is 0 Å². The molecule has 1 spiro atoms. The van der Waals surface area contributed by atoms with Crippen LogP contribution in [0.15, 0.2) is 109 Å². The molecule has 0 aromatic heterocycles. The highest BCUT2D eigenvalue weighted by Gasteiger charge is 2.51. The van der Waals surface area contributed by atoms with Crippen LogP contribution in [0.25, 0.3) is 32.7 Å². The standard InChI is InChI=1S/C35H24O3/c1-36-25-13-11-21-17-31-33(19-23(21)15-25)38-34-20-24-16-26(37-2)14-12-22(24)18-32(34)35(31)29-9-5-3-7-27(29)28-8-4-6-10-30(28)35/h3-20H,1-2H3. The van der Waals surface area contributed by atoms with E-state index in [1.807, 2.05) is 12.1 Å². The molecule has 6 aromatic rings. The lowest BCUT2D eigenvalue weighted by Crippen LogP contribution is -2.32. The molecule has 8 rings (SSSR count). The van der Waals surface area contributed by atoms with Crippen LogP contribution in [0, 0.1) is 0 Å². The van der Waals surface area contributed by atoms with Crippen LogP contribution in [-0.2, 0) is 5.41 Å². The third-order valence-corrected chi connectivity index (χ3v) is 8.27. The van der Waals surface area contributed by atoms with Crippen molar-refractivity contribution in [2.24, 2.45) is 0 Å². The molecule has 0 radical (unpaired) electrons. The fourth-order valence-corrected chi connectivity index (χ4v) is 6.60. The maximum Gasteiger partial charge on any atom is 0.132 e. The lowest BCUT2D eigenvalue weighted by Gasteiger charge is -2.40. The van der Waals surface area contributed by atoms with Gasteiger partial charge in [0.25, 0.3) is 0 Å².